The molecule has 0 aromatic heterocycles. The van der Waals surface area contributed by atoms with Crippen molar-refractivity contribution in [1.82, 2.24) is 24.7 Å². The van der Waals surface area contributed by atoms with Gasteiger partial charge < -0.3 is 14.8 Å². The van der Waals surface area contributed by atoms with Crippen molar-refractivity contribution in [3.8, 4) is 0 Å². The number of amides is 1. The van der Waals surface area contributed by atoms with Gasteiger partial charge in [-0.25, -0.2) is 5.01 Å². The van der Waals surface area contributed by atoms with Crippen molar-refractivity contribution in [1.29, 1.82) is 0 Å². The molecule has 0 aromatic rings. The number of likely N-dealkylation sites (tertiary alicyclic amines) is 1. The second kappa shape index (κ2) is 10.8. The molecule has 0 bridgehead atoms. The van der Waals surface area contributed by atoms with Gasteiger partial charge in [0.05, 0.1) is 5.54 Å². The maximum Gasteiger partial charge on any atom is 0.431 e. The second-order valence-corrected chi connectivity index (χ2v) is 9.90. The van der Waals surface area contributed by atoms with Crippen molar-refractivity contribution in [2.24, 2.45) is 4.99 Å². The van der Waals surface area contributed by atoms with Crippen LogP contribution in [0.3, 0.4) is 0 Å². The SMILES string of the molecule is C=C(CN(C)N(C)/C(C)=C\C(C)=NC)C(=O)N1CCC2(CC1)C1=CCC=C(C(F)(F)F)N1CCN2C. The molecule has 0 aromatic carbocycles. The summed E-state index contributed by atoms with van der Waals surface area (Å²) in [5, 5.41) is 3.87. The molecule has 0 N–H and O–H groups in total. The number of hydrogen-bond donors (Lipinski definition) is 0. The number of alkyl halides is 3. The topological polar surface area (TPSA) is 45.6 Å². The van der Waals surface area contributed by atoms with E-state index in [1.807, 2.05) is 57.2 Å². The van der Waals surface area contributed by atoms with Gasteiger partial charge in [-0.1, -0.05) is 18.7 Å². The van der Waals surface area contributed by atoms with E-state index in [-0.39, 0.29) is 12.3 Å². The molecule has 1 amide bonds. The van der Waals surface area contributed by atoms with Crippen LogP contribution in [0.4, 0.5) is 13.2 Å². The molecule has 0 atom stereocenters. The summed E-state index contributed by atoms with van der Waals surface area (Å²) in [6.07, 6.45) is 2.23. The third-order valence-corrected chi connectivity index (χ3v) is 7.75. The highest BCUT2D eigenvalue weighted by atomic mass is 19.4. The normalized spacial score (nSPS) is 21.4. The van der Waals surface area contributed by atoms with Crippen LogP contribution >= 0.6 is 0 Å². The first-order chi connectivity index (χ1) is 16.8. The number of halogens is 3. The number of carbonyl (C=O) groups is 1. The lowest BCUT2D eigenvalue weighted by Crippen LogP contribution is -2.64. The van der Waals surface area contributed by atoms with E-state index in [1.165, 1.54) is 11.0 Å². The van der Waals surface area contributed by atoms with E-state index in [1.54, 1.807) is 11.9 Å². The molecule has 36 heavy (non-hydrogen) atoms. The highest BCUT2D eigenvalue weighted by molar-refractivity contribution is 5.93. The Morgan fingerprint density at radius 3 is 2.39 bits per heavy atom. The third-order valence-electron chi connectivity index (χ3n) is 7.75. The summed E-state index contributed by atoms with van der Waals surface area (Å²) in [4.78, 5) is 22.8. The first kappa shape index (κ1) is 28.0. The quantitative estimate of drug-likeness (QED) is 0.311. The van der Waals surface area contributed by atoms with Crippen LogP contribution in [0.5, 0.6) is 0 Å². The monoisotopic (exact) mass is 508 g/mol. The molecule has 3 heterocycles. The van der Waals surface area contributed by atoms with Crippen LogP contribution in [0, 0.1) is 0 Å². The van der Waals surface area contributed by atoms with Crippen molar-refractivity contribution in [2.45, 2.75) is 44.8 Å². The van der Waals surface area contributed by atoms with Crippen molar-refractivity contribution < 1.29 is 18.0 Å². The largest absolute Gasteiger partial charge is 0.431 e. The summed E-state index contributed by atoms with van der Waals surface area (Å²) in [7, 11) is 7.53. The van der Waals surface area contributed by atoms with E-state index in [9.17, 15) is 18.0 Å². The van der Waals surface area contributed by atoms with Gasteiger partial charge in [0.15, 0.2) is 0 Å². The Morgan fingerprint density at radius 2 is 1.81 bits per heavy atom. The van der Waals surface area contributed by atoms with E-state index in [0.717, 1.165) is 17.1 Å². The van der Waals surface area contributed by atoms with E-state index in [4.69, 9.17) is 0 Å². The molecule has 2 fully saturated rings. The molecule has 0 radical (unpaired) electrons. The lowest BCUT2D eigenvalue weighted by molar-refractivity contribution is -0.131. The number of aliphatic imine (C=N–C) groups is 1. The van der Waals surface area contributed by atoms with Gasteiger partial charge in [0.2, 0.25) is 0 Å². The fraction of sp³-hybridized carbons (Fsp3) is 0.615. The van der Waals surface area contributed by atoms with Crippen LogP contribution in [-0.2, 0) is 4.79 Å². The van der Waals surface area contributed by atoms with Crippen molar-refractivity contribution in [2.75, 3.05) is 60.9 Å². The predicted octanol–water partition coefficient (Wildman–Crippen LogP) is 3.66. The van der Waals surface area contributed by atoms with Gasteiger partial charge >= 0.3 is 6.18 Å². The lowest BCUT2D eigenvalue weighted by atomic mass is 9.78. The number of allylic oxidation sites excluding steroid dienone is 5. The van der Waals surface area contributed by atoms with Crippen molar-refractivity contribution in [3.63, 3.8) is 0 Å². The molecular weight excluding hydrogens is 469 g/mol. The zero-order chi connectivity index (χ0) is 26.8. The minimum Gasteiger partial charge on any atom is -0.339 e. The number of piperidine rings is 1. The van der Waals surface area contributed by atoms with Crippen LogP contribution < -0.4 is 0 Å². The Morgan fingerprint density at radius 1 is 1.17 bits per heavy atom. The number of rotatable bonds is 6. The summed E-state index contributed by atoms with van der Waals surface area (Å²) in [5.41, 5.74) is 2.04. The minimum absolute atomic E-state index is 0.109. The Bertz CT molecular complexity index is 988. The highest BCUT2D eigenvalue weighted by Gasteiger charge is 2.51. The van der Waals surface area contributed by atoms with Crippen LogP contribution in [0.1, 0.15) is 33.1 Å². The number of hydrogen-bond acceptors (Lipinski definition) is 6. The van der Waals surface area contributed by atoms with E-state index in [0.29, 0.717) is 51.1 Å². The first-order valence-corrected chi connectivity index (χ1v) is 12.3. The molecule has 3 rings (SSSR count). The van der Waals surface area contributed by atoms with E-state index >= 15 is 0 Å². The summed E-state index contributed by atoms with van der Waals surface area (Å²) in [6, 6.07) is 0. The highest BCUT2D eigenvalue weighted by Crippen LogP contribution is 2.45. The summed E-state index contributed by atoms with van der Waals surface area (Å²) < 4.78 is 41.0. The van der Waals surface area contributed by atoms with Gasteiger partial charge in [0.25, 0.3) is 5.91 Å². The number of carbonyl (C=O) groups excluding carboxylic acids is 1. The van der Waals surface area contributed by atoms with Gasteiger partial charge in [0.1, 0.15) is 5.70 Å². The van der Waals surface area contributed by atoms with E-state index in [2.05, 4.69) is 16.5 Å². The van der Waals surface area contributed by atoms with Crippen LogP contribution in [0.2, 0.25) is 0 Å². The zero-order valence-electron chi connectivity index (χ0n) is 22.3. The Balaban J connectivity index is 1.65. The van der Waals surface area contributed by atoms with Gasteiger partial charge in [-0.3, -0.25) is 14.7 Å². The summed E-state index contributed by atoms with van der Waals surface area (Å²) in [6.45, 7) is 10.1. The van der Waals surface area contributed by atoms with Crippen molar-refractivity contribution >= 4 is 11.6 Å². The first-order valence-electron chi connectivity index (χ1n) is 12.3. The molecule has 0 saturated carbocycles. The van der Waals surface area contributed by atoms with Crippen LogP contribution in [0.25, 0.3) is 0 Å². The van der Waals surface area contributed by atoms with Gasteiger partial charge in [0, 0.05) is 76.5 Å². The Kier molecular flexibility index (Phi) is 8.40. The van der Waals surface area contributed by atoms with Gasteiger partial charge in [-0.15, -0.1) is 0 Å². The van der Waals surface area contributed by atoms with E-state index < -0.39 is 17.4 Å². The number of fused-ring (bicyclic) bond motifs is 2. The molecule has 3 aliphatic rings. The number of likely N-dealkylation sites (N-methyl/N-ethyl adjacent to an activating group) is 2. The van der Waals surface area contributed by atoms with Crippen LogP contribution in [-0.4, -0.2) is 109 Å². The number of piperazine rings is 1. The minimum atomic E-state index is -4.38. The average molecular weight is 509 g/mol. The van der Waals surface area contributed by atoms with Gasteiger partial charge in [-0.05, 0) is 46.2 Å². The number of nitrogens with zero attached hydrogens (tertiary/aromatic N) is 6. The summed E-state index contributed by atoms with van der Waals surface area (Å²) in [5.74, 6) is -0.109. The average Bonchev–Trinajstić information content (AvgIpc) is 2.84. The smallest absolute Gasteiger partial charge is 0.339 e. The molecule has 10 heteroatoms. The predicted molar refractivity (Wildman–Crippen MR) is 137 cm³/mol. The Labute approximate surface area is 212 Å². The van der Waals surface area contributed by atoms with Crippen molar-refractivity contribution in [3.05, 3.63) is 47.5 Å². The molecule has 7 nitrogen and oxygen atoms in total. The molecular formula is C26H39F3N6O. The molecule has 3 aliphatic heterocycles. The molecule has 1 spiro atoms. The molecule has 0 aliphatic carbocycles. The molecule has 2 saturated heterocycles. The second-order valence-electron chi connectivity index (χ2n) is 9.90. The zero-order valence-corrected chi connectivity index (χ0v) is 22.3. The maximum atomic E-state index is 13.7. The lowest BCUT2D eigenvalue weighted by Gasteiger charge is -2.56. The Hall–Kier alpha value is -2.59. The van der Waals surface area contributed by atoms with Gasteiger partial charge in [-0.2, -0.15) is 13.2 Å². The standard InChI is InChI=1S/C26H39F3N6O/c1-19(18-32(6)33(7)21(3)17-20(2)30-4)24(36)34-13-11-25(12-14-34)22-9-8-10-23(26(27,28)29)35(22)16-15-31(25)5/h9-10,17H,1,8,11-16,18H2,2-7H3/b21-17-,30-20?. The maximum absolute atomic E-state index is 13.7. The molecule has 200 valence electrons. The van der Waals surface area contributed by atoms with Crippen LogP contribution in [0.15, 0.2) is 52.5 Å². The fourth-order valence-electron chi connectivity index (χ4n) is 5.36. The third kappa shape index (κ3) is 5.54. The summed E-state index contributed by atoms with van der Waals surface area (Å²) >= 11 is 0. The molecule has 0 unspecified atom stereocenters. The number of hydrazine groups is 1. The fourth-order valence-corrected chi connectivity index (χ4v) is 5.36.